The summed E-state index contributed by atoms with van der Waals surface area (Å²) in [4.78, 5) is 20.5. The van der Waals surface area contributed by atoms with Crippen LogP contribution in [0.15, 0.2) is 59.5 Å². The predicted octanol–water partition coefficient (Wildman–Crippen LogP) is 2.74. The van der Waals surface area contributed by atoms with Crippen LogP contribution in [-0.4, -0.2) is 22.5 Å². The topological polar surface area (TPSA) is 77.2 Å². The average Bonchev–Trinajstić information content (AvgIpc) is 3.14. The second-order valence-electron chi connectivity index (χ2n) is 5.16. The Bertz CT molecular complexity index is 816. The number of ether oxygens (including phenoxy) is 1. The number of para-hydroxylation sites is 1. The summed E-state index contributed by atoms with van der Waals surface area (Å²) in [5.74, 6) is 1.08. The van der Waals surface area contributed by atoms with Gasteiger partial charge in [0.1, 0.15) is 11.4 Å². The van der Waals surface area contributed by atoms with Gasteiger partial charge >= 0.3 is 0 Å². The highest BCUT2D eigenvalue weighted by molar-refractivity contribution is 5.77. The third-order valence-corrected chi connectivity index (χ3v) is 3.43. The van der Waals surface area contributed by atoms with E-state index in [9.17, 15) is 4.79 Å². The molecule has 2 aromatic heterocycles. The summed E-state index contributed by atoms with van der Waals surface area (Å²) in [5.41, 5.74) is 2.23. The van der Waals surface area contributed by atoms with Gasteiger partial charge in [0.05, 0.1) is 18.5 Å². The van der Waals surface area contributed by atoms with Crippen LogP contribution in [0, 0.1) is 6.92 Å². The average molecular weight is 323 g/mol. The second kappa shape index (κ2) is 7.41. The minimum atomic E-state index is -0.227. The van der Waals surface area contributed by atoms with Gasteiger partial charge in [-0.1, -0.05) is 18.2 Å². The maximum Gasteiger partial charge on any atom is 0.258 e. The van der Waals surface area contributed by atoms with Crippen LogP contribution in [0.4, 0.5) is 0 Å². The Hall–Kier alpha value is -3.15. The molecule has 24 heavy (non-hydrogen) atoms. The van der Waals surface area contributed by atoms with E-state index in [1.165, 1.54) is 0 Å². The number of carbonyl (C=O) groups excluding carboxylic acids is 1. The van der Waals surface area contributed by atoms with Gasteiger partial charge in [0.25, 0.3) is 5.91 Å². The fourth-order valence-electron chi connectivity index (χ4n) is 2.21. The molecule has 0 aliphatic rings. The number of rotatable bonds is 6. The van der Waals surface area contributed by atoms with Gasteiger partial charge in [-0.2, -0.15) is 0 Å². The zero-order valence-electron chi connectivity index (χ0n) is 13.2. The molecule has 0 atom stereocenters. The molecule has 0 aliphatic heterocycles. The van der Waals surface area contributed by atoms with Gasteiger partial charge in [-0.25, -0.2) is 4.98 Å². The number of benzene rings is 1. The van der Waals surface area contributed by atoms with Gasteiger partial charge in [-0.3, -0.25) is 9.78 Å². The van der Waals surface area contributed by atoms with Gasteiger partial charge in [0.2, 0.25) is 0 Å². The quantitative estimate of drug-likeness (QED) is 0.755. The SMILES string of the molecule is Cc1ccccc1OCC(=O)NCc1nccnc1-c1ccco1. The maximum atomic E-state index is 12.0. The van der Waals surface area contributed by atoms with Crippen molar-refractivity contribution in [2.45, 2.75) is 13.5 Å². The first kappa shape index (κ1) is 15.7. The molecule has 0 saturated heterocycles. The molecule has 6 nitrogen and oxygen atoms in total. The Morgan fingerprint density at radius 3 is 2.79 bits per heavy atom. The molecule has 1 N–H and O–H groups in total. The number of nitrogens with zero attached hydrogens (tertiary/aromatic N) is 2. The Morgan fingerprint density at radius 1 is 1.17 bits per heavy atom. The molecule has 1 aromatic carbocycles. The zero-order chi connectivity index (χ0) is 16.8. The van der Waals surface area contributed by atoms with E-state index in [1.54, 1.807) is 30.8 Å². The van der Waals surface area contributed by atoms with E-state index in [0.29, 0.717) is 22.9 Å². The lowest BCUT2D eigenvalue weighted by molar-refractivity contribution is -0.123. The molecule has 0 saturated carbocycles. The second-order valence-corrected chi connectivity index (χ2v) is 5.16. The summed E-state index contributed by atoms with van der Waals surface area (Å²) in [6.07, 6.45) is 4.74. The van der Waals surface area contributed by atoms with Crippen molar-refractivity contribution in [1.29, 1.82) is 0 Å². The van der Waals surface area contributed by atoms with E-state index in [1.807, 2.05) is 31.2 Å². The number of aryl methyl sites for hydroxylation is 1. The molecule has 1 amide bonds. The van der Waals surface area contributed by atoms with E-state index in [2.05, 4.69) is 15.3 Å². The van der Waals surface area contributed by atoms with Gasteiger partial charge in [0, 0.05) is 12.4 Å². The first-order valence-electron chi connectivity index (χ1n) is 7.53. The molecule has 0 bridgehead atoms. The lowest BCUT2D eigenvalue weighted by Gasteiger charge is -2.10. The summed E-state index contributed by atoms with van der Waals surface area (Å²) < 4.78 is 10.9. The normalized spacial score (nSPS) is 10.4. The monoisotopic (exact) mass is 323 g/mol. The number of hydrogen-bond donors (Lipinski definition) is 1. The highest BCUT2D eigenvalue weighted by Crippen LogP contribution is 2.20. The summed E-state index contributed by atoms with van der Waals surface area (Å²) in [5, 5.41) is 2.78. The van der Waals surface area contributed by atoms with Crippen LogP contribution in [0.3, 0.4) is 0 Å². The number of nitrogens with one attached hydrogen (secondary N) is 1. The minimum Gasteiger partial charge on any atom is -0.484 e. The first-order valence-corrected chi connectivity index (χ1v) is 7.53. The van der Waals surface area contributed by atoms with Crippen molar-refractivity contribution in [2.24, 2.45) is 0 Å². The predicted molar refractivity (Wildman–Crippen MR) is 88.3 cm³/mol. The van der Waals surface area contributed by atoms with Crippen molar-refractivity contribution in [3.63, 3.8) is 0 Å². The van der Waals surface area contributed by atoms with E-state index in [-0.39, 0.29) is 19.1 Å². The lowest BCUT2D eigenvalue weighted by atomic mass is 10.2. The van der Waals surface area contributed by atoms with Crippen molar-refractivity contribution >= 4 is 5.91 Å². The smallest absolute Gasteiger partial charge is 0.258 e. The van der Waals surface area contributed by atoms with E-state index >= 15 is 0 Å². The fourth-order valence-corrected chi connectivity index (χ4v) is 2.21. The van der Waals surface area contributed by atoms with E-state index in [0.717, 1.165) is 5.56 Å². The molecule has 0 aliphatic carbocycles. The molecule has 0 fully saturated rings. The molecule has 0 spiro atoms. The number of furan rings is 1. The molecular formula is C18H17N3O3. The van der Waals surface area contributed by atoms with Gasteiger partial charge < -0.3 is 14.5 Å². The Labute approximate surface area is 139 Å². The summed E-state index contributed by atoms with van der Waals surface area (Å²) in [7, 11) is 0. The molecule has 3 rings (SSSR count). The van der Waals surface area contributed by atoms with Gasteiger partial charge in [-0.05, 0) is 30.7 Å². The Morgan fingerprint density at radius 2 is 2.00 bits per heavy atom. The fraction of sp³-hybridized carbons (Fsp3) is 0.167. The van der Waals surface area contributed by atoms with Crippen LogP contribution >= 0.6 is 0 Å². The van der Waals surface area contributed by atoms with Crippen LogP contribution in [0.5, 0.6) is 5.75 Å². The molecule has 0 radical (unpaired) electrons. The van der Waals surface area contributed by atoms with Crippen molar-refractivity contribution in [1.82, 2.24) is 15.3 Å². The van der Waals surface area contributed by atoms with E-state index in [4.69, 9.17) is 9.15 Å². The number of hydrogen-bond acceptors (Lipinski definition) is 5. The van der Waals surface area contributed by atoms with Crippen LogP contribution in [0.25, 0.3) is 11.5 Å². The van der Waals surface area contributed by atoms with Gasteiger partial charge in [-0.15, -0.1) is 0 Å². The zero-order valence-corrected chi connectivity index (χ0v) is 13.2. The summed E-state index contributed by atoms with van der Waals surface area (Å²) in [6.45, 7) is 2.13. The molecule has 3 aromatic rings. The van der Waals surface area contributed by atoms with Gasteiger partial charge in [0.15, 0.2) is 12.4 Å². The third-order valence-electron chi connectivity index (χ3n) is 3.43. The number of carbonyl (C=O) groups is 1. The van der Waals surface area contributed by atoms with Crippen LogP contribution in [-0.2, 0) is 11.3 Å². The van der Waals surface area contributed by atoms with Crippen molar-refractivity contribution in [2.75, 3.05) is 6.61 Å². The van der Waals surface area contributed by atoms with E-state index < -0.39 is 0 Å². The van der Waals surface area contributed by atoms with Crippen molar-refractivity contribution in [3.8, 4) is 17.2 Å². The van der Waals surface area contributed by atoms with Crippen LogP contribution in [0.2, 0.25) is 0 Å². The maximum absolute atomic E-state index is 12.0. The van der Waals surface area contributed by atoms with Crippen molar-refractivity contribution in [3.05, 3.63) is 66.3 Å². The molecule has 0 unspecified atom stereocenters. The summed E-state index contributed by atoms with van der Waals surface area (Å²) in [6, 6.07) is 11.1. The van der Waals surface area contributed by atoms with Crippen LogP contribution < -0.4 is 10.1 Å². The third kappa shape index (κ3) is 3.78. The van der Waals surface area contributed by atoms with Crippen LogP contribution in [0.1, 0.15) is 11.3 Å². The summed E-state index contributed by atoms with van der Waals surface area (Å²) >= 11 is 0. The minimum absolute atomic E-state index is 0.0544. The number of aromatic nitrogens is 2. The highest BCUT2D eigenvalue weighted by atomic mass is 16.5. The molecule has 2 heterocycles. The van der Waals surface area contributed by atoms with Crippen molar-refractivity contribution < 1.29 is 13.9 Å². The Balaban J connectivity index is 1.58. The Kier molecular flexibility index (Phi) is 4.86. The first-order chi connectivity index (χ1) is 11.7. The largest absolute Gasteiger partial charge is 0.484 e. The standard InChI is InChI=1S/C18H17N3O3/c1-13-5-2-3-6-15(13)24-12-17(22)21-11-14-18(20-9-8-19-14)16-7-4-10-23-16/h2-10H,11-12H2,1H3,(H,21,22). The molecule has 6 heteroatoms. The number of amides is 1. The lowest BCUT2D eigenvalue weighted by Crippen LogP contribution is -2.29. The molecular weight excluding hydrogens is 306 g/mol. The highest BCUT2D eigenvalue weighted by Gasteiger charge is 2.12. The molecule has 122 valence electrons.